The van der Waals surface area contributed by atoms with Crippen LogP contribution in [0, 0.1) is 11.7 Å². The lowest BCUT2D eigenvalue weighted by Gasteiger charge is -2.24. The van der Waals surface area contributed by atoms with Gasteiger partial charge in [-0.2, -0.15) is 0 Å². The van der Waals surface area contributed by atoms with Crippen molar-refractivity contribution in [2.45, 2.75) is 45.8 Å². The molecular weight excluding hydrogens is 317 g/mol. The lowest BCUT2D eigenvalue weighted by Crippen LogP contribution is -2.40. The molecule has 0 bridgehead atoms. The molecule has 134 valence electrons. The molecule has 0 saturated carbocycles. The van der Waals surface area contributed by atoms with E-state index in [0.29, 0.717) is 12.3 Å². The van der Waals surface area contributed by atoms with Gasteiger partial charge in [0.05, 0.1) is 6.04 Å². The average Bonchev–Trinajstić information content (AvgIpc) is 2.60. The zero-order chi connectivity index (χ0) is 18.2. The maximum absolute atomic E-state index is 13.8. The number of para-hydroxylation sites is 1. The minimum atomic E-state index is -0.727. The van der Waals surface area contributed by atoms with Crippen molar-refractivity contribution >= 4 is 5.91 Å². The molecular formula is C21H26FNO2. The Morgan fingerprint density at radius 1 is 1.08 bits per heavy atom. The third kappa shape index (κ3) is 5.59. The van der Waals surface area contributed by atoms with Crippen molar-refractivity contribution in [3.63, 3.8) is 0 Å². The van der Waals surface area contributed by atoms with Crippen LogP contribution >= 0.6 is 0 Å². The molecule has 0 spiro atoms. The smallest absolute Gasteiger partial charge is 0.261 e. The highest BCUT2D eigenvalue weighted by Crippen LogP contribution is 2.23. The fourth-order valence-corrected chi connectivity index (χ4v) is 2.72. The number of amides is 1. The molecule has 1 amide bonds. The van der Waals surface area contributed by atoms with Gasteiger partial charge in [-0.1, -0.05) is 63.2 Å². The lowest BCUT2D eigenvalue weighted by molar-refractivity contribution is -0.129. The van der Waals surface area contributed by atoms with E-state index in [2.05, 4.69) is 19.2 Å². The van der Waals surface area contributed by atoms with Crippen LogP contribution in [0.2, 0.25) is 0 Å². The molecule has 4 heteroatoms. The number of benzene rings is 2. The van der Waals surface area contributed by atoms with Gasteiger partial charge in [-0.15, -0.1) is 0 Å². The molecule has 0 aliphatic rings. The predicted octanol–water partition coefficient (Wildman–Crippen LogP) is 4.89. The molecule has 0 aromatic heterocycles. The van der Waals surface area contributed by atoms with Crippen LogP contribution in [0.25, 0.3) is 0 Å². The van der Waals surface area contributed by atoms with E-state index < -0.39 is 11.9 Å². The van der Waals surface area contributed by atoms with Crippen LogP contribution in [0.5, 0.6) is 5.75 Å². The average molecular weight is 343 g/mol. The van der Waals surface area contributed by atoms with E-state index in [4.69, 9.17) is 4.74 Å². The molecule has 2 aromatic carbocycles. The molecule has 2 atom stereocenters. The van der Waals surface area contributed by atoms with Crippen molar-refractivity contribution in [2.24, 2.45) is 5.92 Å². The Hall–Kier alpha value is -2.36. The van der Waals surface area contributed by atoms with Crippen molar-refractivity contribution in [3.05, 3.63) is 66.0 Å². The number of hydrogen-bond acceptors (Lipinski definition) is 2. The summed E-state index contributed by atoms with van der Waals surface area (Å²) in [5, 5.41) is 3.07. The van der Waals surface area contributed by atoms with E-state index in [-0.39, 0.29) is 17.7 Å². The number of nitrogens with one attached hydrogen (secondary N) is 1. The number of halogens is 1. The SMILES string of the molecule is CC[C@@H](Oc1ccccc1F)C(=O)N[C@H](CC(C)C)c1ccccc1. The van der Waals surface area contributed by atoms with Crippen LogP contribution < -0.4 is 10.1 Å². The Balaban J connectivity index is 2.11. The molecule has 2 aromatic rings. The zero-order valence-corrected chi connectivity index (χ0v) is 15.0. The standard InChI is InChI=1S/C21H26FNO2/c1-4-19(25-20-13-9-8-12-17(20)22)21(24)23-18(14-15(2)3)16-10-6-5-7-11-16/h5-13,15,18-19H,4,14H2,1-3H3,(H,23,24)/t18-,19-/m1/s1. The second-order valence-electron chi connectivity index (χ2n) is 6.55. The quantitative estimate of drug-likeness (QED) is 0.741. The molecule has 3 nitrogen and oxygen atoms in total. The second kappa shape index (κ2) is 9.21. The molecule has 0 saturated heterocycles. The minimum Gasteiger partial charge on any atom is -0.478 e. The van der Waals surface area contributed by atoms with Crippen LogP contribution in [-0.2, 0) is 4.79 Å². The van der Waals surface area contributed by atoms with E-state index in [0.717, 1.165) is 12.0 Å². The van der Waals surface area contributed by atoms with Crippen molar-refractivity contribution in [1.82, 2.24) is 5.32 Å². The van der Waals surface area contributed by atoms with Gasteiger partial charge in [-0.25, -0.2) is 4.39 Å². The number of rotatable bonds is 8. The van der Waals surface area contributed by atoms with Gasteiger partial charge in [0.15, 0.2) is 17.7 Å². The van der Waals surface area contributed by atoms with Gasteiger partial charge in [-0.05, 0) is 36.5 Å². The van der Waals surface area contributed by atoms with Crippen LogP contribution in [-0.4, -0.2) is 12.0 Å². The molecule has 0 heterocycles. The summed E-state index contributed by atoms with van der Waals surface area (Å²) in [4.78, 5) is 12.7. The summed E-state index contributed by atoms with van der Waals surface area (Å²) in [6.07, 6.45) is 0.560. The molecule has 2 rings (SSSR count). The molecule has 25 heavy (non-hydrogen) atoms. The first-order valence-corrected chi connectivity index (χ1v) is 8.77. The Morgan fingerprint density at radius 3 is 2.32 bits per heavy atom. The third-order valence-electron chi connectivity index (χ3n) is 3.99. The van der Waals surface area contributed by atoms with Crippen LogP contribution in [0.1, 0.15) is 45.2 Å². The van der Waals surface area contributed by atoms with Gasteiger partial charge in [0.25, 0.3) is 5.91 Å². The highest BCUT2D eigenvalue weighted by Gasteiger charge is 2.24. The summed E-state index contributed by atoms with van der Waals surface area (Å²) >= 11 is 0. The van der Waals surface area contributed by atoms with E-state index in [1.54, 1.807) is 12.1 Å². The summed E-state index contributed by atoms with van der Waals surface area (Å²) in [5.74, 6) is -0.154. The van der Waals surface area contributed by atoms with Crippen molar-refractivity contribution in [3.8, 4) is 5.75 Å². The zero-order valence-electron chi connectivity index (χ0n) is 15.0. The number of carbonyl (C=O) groups excluding carboxylic acids is 1. The first-order valence-electron chi connectivity index (χ1n) is 8.77. The van der Waals surface area contributed by atoms with Gasteiger partial charge in [-0.3, -0.25) is 4.79 Å². The maximum atomic E-state index is 13.8. The van der Waals surface area contributed by atoms with Crippen molar-refractivity contribution < 1.29 is 13.9 Å². The van der Waals surface area contributed by atoms with Crippen LogP contribution in [0.4, 0.5) is 4.39 Å². The fraction of sp³-hybridized carbons (Fsp3) is 0.381. The third-order valence-corrected chi connectivity index (χ3v) is 3.99. The molecule has 0 radical (unpaired) electrons. The predicted molar refractivity (Wildman–Crippen MR) is 97.9 cm³/mol. The molecule has 0 aliphatic heterocycles. The Labute approximate surface area is 149 Å². The number of ether oxygens (including phenoxy) is 1. The Kier molecular flexibility index (Phi) is 6.99. The highest BCUT2D eigenvalue weighted by molar-refractivity contribution is 5.81. The van der Waals surface area contributed by atoms with Crippen LogP contribution in [0.15, 0.2) is 54.6 Å². The first kappa shape index (κ1) is 19.0. The topological polar surface area (TPSA) is 38.3 Å². The van der Waals surface area contributed by atoms with Gasteiger partial charge in [0.1, 0.15) is 0 Å². The van der Waals surface area contributed by atoms with E-state index in [1.807, 2.05) is 37.3 Å². The molecule has 0 fully saturated rings. The monoisotopic (exact) mass is 343 g/mol. The lowest BCUT2D eigenvalue weighted by atomic mass is 9.96. The van der Waals surface area contributed by atoms with Gasteiger partial charge in [0, 0.05) is 0 Å². The summed E-state index contributed by atoms with van der Waals surface area (Å²) < 4.78 is 19.4. The molecule has 0 aliphatic carbocycles. The van der Waals surface area contributed by atoms with Gasteiger partial charge < -0.3 is 10.1 Å². The Bertz CT molecular complexity index is 673. The van der Waals surface area contributed by atoms with Gasteiger partial charge >= 0.3 is 0 Å². The highest BCUT2D eigenvalue weighted by atomic mass is 19.1. The fourth-order valence-electron chi connectivity index (χ4n) is 2.72. The molecule has 1 N–H and O–H groups in total. The summed E-state index contributed by atoms with van der Waals surface area (Å²) in [6.45, 7) is 6.09. The number of carbonyl (C=O) groups is 1. The summed E-state index contributed by atoms with van der Waals surface area (Å²) in [5.41, 5.74) is 1.06. The first-order chi connectivity index (χ1) is 12.0. The summed E-state index contributed by atoms with van der Waals surface area (Å²) in [6, 6.07) is 15.9. The van der Waals surface area contributed by atoms with Crippen LogP contribution in [0.3, 0.4) is 0 Å². The second-order valence-corrected chi connectivity index (χ2v) is 6.55. The van der Waals surface area contributed by atoms with Crippen molar-refractivity contribution in [1.29, 1.82) is 0 Å². The normalized spacial score (nSPS) is 13.3. The van der Waals surface area contributed by atoms with E-state index >= 15 is 0 Å². The van der Waals surface area contributed by atoms with Crippen molar-refractivity contribution in [2.75, 3.05) is 0 Å². The van der Waals surface area contributed by atoms with E-state index in [9.17, 15) is 9.18 Å². The van der Waals surface area contributed by atoms with E-state index in [1.165, 1.54) is 12.1 Å². The largest absolute Gasteiger partial charge is 0.478 e. The minimum absolute atomic E-state index is 0.0908. The number of hydrogen-bond donors (Lipinski definition) is 1. The summed E-state index contributed by atoms with van der Waals surface area (Å²) in [7, 11) is 0. The maximum Gasteiger partial charge on any atom is 0.261 e. The Morgan fingerprint density at radius 2 is 1.72 bits per heavy atom. The van der Waals surface area contributed by atoms with Gasteiger partial charge in [0.2, 0.25) is 0 Å². The molecule has 0 unspecified atom stereocenters.